The largest absolute Gasteiger partial charge is 0.426 e. The molecule has 1 aromatic rings. The fourth-order valence-corrected chi connectivity index (χ4v) is 3.26. The van der Waals surface area contributed by atoms with Gasteiger partial charge in [-0.15, -0.1) is 0 Å². The third-order valence-electron chi connectivity index (χ3n) is 5.77. The first kappa shape index (κ1) is 23.7. The molecule has 0 saturated carbocycles. The average Bonchev–Trinajstić information content (AvgIpc) is 2.42. The first-order chi connectivity index (χ1) is 11.9. The highest BCUT2D eigenvalue weighted by atomic mass is 16.5. The van der Waals surface area contributed by atoms with E-state index in [4.69, 9.17) is 4.74 Å². The molecule has 27 heavy (non-hydrogen) atoms. The van der Waals surface area contributed by atoms with Crippen LogP contribution >= 0.6 is 0 Å². The number of hydrogen-bond acceptors (Lipinski definition) is 2. The zero-order chi connectivity index (χ0) is 21.4. The Bertz CT molecular complexity index is 631. The summed E-state index contributed by atoms with van der Waals surface area (Å²) in [5, 5.41) is 0. The van der Waals surface area contributed by atoms with Gasteiger partial charge in [-0.1, -0.05) is 82.2 Å². The molecule has 154 valence electrons. The first-order valence-corrected chi connectivity index (χ1v) is 10.3. The van der Waals surface area contributed by atoms with E-state index in [0.29, 0.717) is 11.7 Å². The van der Waals surface area contributed by atoms with Gasteiger partial charge in [-0.05, 0) is 58.8 Å². The van der Waals surface area contributed by atoms with E-state index in [9.17, 15) is 4.79 Å². The lowest BCUT2D eigenvalue weighted by molar-refractivity contribution is -0.153. The van der Waals surface area contributed by atoms with E-state index >= 15 is 0 Å². The van der Waals surface area contributed by atoms with Crippen LogP contribution in [-0.2, 0) is 15.6 Å². The maximum Gasteiger partial charge on any atom is 0.317 e. The second-order valence-corrected chi connectivity index (χ2v) is 11.8. The molecular formula is C25H42O2. The van der Waals surface area contributed by atoms with Gasteiger partial charge < -0.3 is 4.74 Å². The molecule has 0 aliphatic carbocycles. The highest BCUT2D eigenvalue weighted by Crippen LogP contribution is 2.45. The maximum atomic E-state index is 13.3. The molecule has 0 fully saturated rings. The zero-order valence-electron chi connectivity index (χ0n) is 19.8. The molecule has 1 rings (SSSR count). The van der Waals surface area contributed by atoms with Crippen LogP contribution in [0.4, 0.5) is 0 Å². The van der Waals surface area contributed by atoms with Crippen molar-refractivity contribution in [1.82, 2.24) is 0 Å². The molecule has 2 nitrogen and oxygen atoms in total. The van der Waals surface area contributed by atoms with E-state index in [1.807, 2.05) is 19.1 Å². The summed E-state index contributed by atoms with van der Waals surface area (Å²) >= 11 is 0. The first-order valence-electron chi connectivity index (χ1n) is 10.3. The Kier molecular flexibility index (Phi) is 6.68. The highest BCUT2D eigenvalue weighted by molar-refractivity contribution is 5.79. The van der Waals surface area contributed by atoms with Gasteiger partial charge in [0.15, 0.2) is 0 Å². The Hall–Kier alpha value is -1.31. The quantitative estimate of drug-likeness (QED) is 0.408. The van der Waals surface area contributed by atoms with Crippen LogP contribution in [0.15, 0.2) is 18.2 Å². The van der Waals surface area contributed by atoms with Gasteiger partial charge in [-0.3, -0.25) is 4.79 Å². The molecule has 0 saturated heterocycles. The van der Waals surface area contributed by atoms with E-state index in [-0.39, 0.29) is 22.2 Å². The van der Waals surface area contributed by atoms with Crippen molar-refractivity contribution in [3.05, 3.63) is 29.3 Å². The number of carbonyl (C=O) groups is 1. The molecule has 0 spiro atoms. The predicted molar refractivity (Wildman–Crippen MR) is 116 cm³/mol. The van der Waals surface area contributed by atoms with E-state index in [2.05, 4.69) is 82.2 Å². The highest BCUT2D eigenvalue weighted by Gasteiger charge is 2.46. The molecule has 2 heteroatoms. The molecular weight excluding hydrogens is 332 g/mol. The van der Waals surface area contributed by atoms with Gasteiger partial charge in [-0.25, -0.2) is 0 Å². The topological polar surface area (TPSA) is 26.3 Å². The van der Waals surface area contributed by atoms with Crippen LogP contribution in [0.3, 0.4) is 0 Å². The third-order valence-corrected chi connectivity index (χ3v) is 5.77. The van der Waals surface area contributed by atoms with Crippen LogP contribution in [0.1, 0.15) is 101 Å². The van der Waals surface area contributed by atoms with Gasteiger partial charge in [-0.2, -0.15) is 0 Å². The van der Waals surface area contributed by atoms with Crippen LogP contribution in [0, 0.1) is 16.7 Å². The summed E-state index contributed by atoms with van der Waals surface area (Å²) in [6.07, 6.45) is 0.806. The monoisotopic (exact) mass is 374 g/mol. The van der Waals surface area contributed by atoms with Crippen LogP contribution in [0.2, 0.25) is 0 Å². The van der Waals surface area contributed by atoms with Crippen LogP contribution in [0.5, 0.6) is 5.75 Å². The lowest BCUT2D eigenvalue weighted by atomic mass is 9.64. The minimum atomic E-state index is -0.541. The minimum Gasteiger partial charge on any atom is -0.426 e. The van der Waals surface area contributed by atoms with E-state index < -0.39 is 5.41 Å². The fourth-order valence-electron chi connectivity index (χ4n) is 3.26. The van der Waals surface area contributed by atoms with Crippen molar-refractivity contribution in [2.24, 2.45) is 16.7 Å². The Morgan fingerprint density at radius 3 is 1.52 bits per heavy atom. The summed E-state index contributed by atoms with van der Waals surface area (Å²) in [7, 11) is 0. The molecule has 0 bridgehead atoms. The maximum absolute atomic E-state index is 13.3. The fraction of sp³-hybridized carbons (Fsp3) is 0.720. The molecule has 0 aliphatic rings. The van der Waals surface area contributed by atoms with Crippen LogP contribution in [-0.4, -0.2) is 5.97 Å². The van der Waals surface area contributed by atoms with E-state index in [0.717, 1.165) is 6.42 Å². The number of ether oxygens (including phenoxy) is 1. The van der Waals surface area contributed by atoms with Gasteiger partial charge in [0, 0.05) is 0 Å². The lowest BCUT2D eigenvalue weighted by Crippen LogP contribution is -2.44. The smallest absolute Gasteiger partial charge is 0.317 e. The van der Waals surface area contributed by atoms with Gasteiger partial charge in [0.05, 0.1) is 5.41 Å². The average molecular weight is 375 g/mol. The summed E-state index contributed by atoms with van der Waals surface area (Å²) in [6.45, 7) is 25.9. The van der Waals surface area contributed by atoms with Gasteiger partial charge >= 0.3 is 5.97 Å². The summed E-state index contributed by atoms with van der Waals surface area (Å²) in [4.78, 5) is 13.3. The molecule has 0 aromatic heterocycles. The molecule has 0 aliphatic heterocycles. The summed E-state index contributed by atoms with van der Waals surface area (Å²) in [6, 6.07) is 6.31. The lowest BCUT2D eigenvalue weighted by Gasteiger charge is -2.40. The van der Waals surface area contributed by atoms with Gasteiger partial charge in [0.2, 0.25) is 0 Å². The van der Waals surface area contributed by atoms with Crippen LogP contribution < -0.4 is 4.74 Å². The molecule has 0 heterocycles. The van der Waals surface area contributed by atoms with Crippen molar-refractivity contribution < 1.29 is 9.53 Å². The SMILES string of the molecule is CC(C)CC(C)(C(=O)Oc1cc(C(C)(C)C)cc(C(C)(C)C)c1)C(C)(C)C. The van der Waals surface area contributed by atoms with Crippen molar-refractivity contribution in [2.75, 3.05) is 0 Å². The molecule has 0 N–H and O–H groups in total. The Morgan fingerprint density at radius 1 is 0.815 bits per heavy atom. The zero-order valence-corrected chi connectivity index (χ0v) is 19.8. The third kappa shape index (κ3) is 5.83. The second kappa shape index (κ2) is 7.60. The van der Waals surface area contributed by atoms with E-state index in [1.54, 1.807) is 0 Å². The standard InChI is InChI=1S/C25H42O2/c1-17(2)16-25(12,24(9,10)11)21(26)27-20-14-18(22(3,4)5)13-19(15-20)23(6,7)8/h13-15,17H,16H2,1-12H3. The van der Waals surface area contributed by atoms with Crippen molar-refractivity contribution >= 4 is 5.97 Å². The molecule has 1 unspecified atom stereocenters. The number of hydrogen-bond donors (Lipinski definition) is 0. The summed E-state index contributed by atoms with van der Waals surface area (Å²) in [5.41, 5.74) is 1.66. The molecule has 1 aromatic carbocycles. The van der Waals surface area contributed by atoms with E-state index in [1.165, 1.54) is 11.1 Å². The molecule has 1 atom stereocenters. The van der Waals surface area contributed by atoms with Crippen molar-refractivity contribution in [3.8, 4) is 5.75 Å². The normalized spacial score (nSPS) is 15.6. The van der Waals surface area contributed by atoms with Crippen LogP contribution in [0.25, 0.3) is 0 Å². The number of esters is 1. The van der Waals surface area contributed by atoms with Crippen molar-refractivity contribution in [2.45, 2.75) is 100 Å². The predicted octanol–water partition coefficient (Wildman–Crippen LogP) is 7.29. The Morgan fingerprint density at radius 2 is 1.22 bits per heavy atom. The second-order valence-electron chi connectivity index (χ2n) is 11.8. The number of carbonyl (C=O) groups excluding carboxylic acids is 1. The number of benzene rings is 1. The van der Waals surface area contributed by atoms with Crippen molar-refractivity contribution in [1.29, 1.82) is 0 Å². The van der Waals surface area contributed by atoms with Gasteiger partial charge in [0.25, 0.3) is 0 Å². The summed E-state index contributed by atoms with van der Waals surface area (Å²) in [5.74, 6) is 0.957. The molecule has 0 amide bonds. The Labute approximate surface area is 168 Å². The number of rotatable bonds is 4. The van der Waals surface area contributed by atoms with Crippen molar-refractivity contribution in [3.63, 3.8) is 0 Å². The summed E-state index contributed by atoms with van der Waals surface area (Å²) < 4.78 is 6.04. The Balaban J connectivity index is 3.39. The molecule has 0 radical (unpaired) electrons. The van der Waals surface area contributed by atoms with Gasteiger partial charge in [0.1, 0.15) is 5.75 Å². The minimum absolute atomic E-state index is 0.00627.